The van der Waals surface area contributed by atoms with Gasteiger partial charge in [0.05, 0.1) is 6.07 Å². The molecule has 0 bridgehead atoms. The van der Waals surface area contributed by atoms with E-state index in [1.54, 1.807) is 0 Å². The molecular weight excluding hydrogens is 210 g/mol. The smallest absolute Gasteiger partial charge is 0.119 e. The second-order valence-corrected chi connectivity index (χ2v) is 4.58. The van der Waals surface area contributed by atoms with Crippen molar-refractivity contribution < 1.29 is 0 Å². The van der Waals surface area contributed by atoms with Gasteiger partial charge in [-0.3, -0.25) is 0 Å². The zero-order valence-electron chi connectivity index (χ0n) is 11.1. The molecule has 1 rings (SSSR count). The zero-order valence-corrected chi connectivity index (χ0v) is 11.1. The third-order valence-electron chi connectivity index (χ3n) is 2.73. The van der Waals surface area contributed by atoms with Crippen LogP contribution in [-0.4, -0.2) is 18.6 Å². The maximum absolute atomic E-state index is 8.95. The van der Waals surface area contributed by atoms with Gasteiger partial charge in [-0.1, -0.05) is 0 Å². The summed E-state index contributed by atoms with van der Waals surface area (Å²) in [6, 6.07) is 10.4. The lowest BCUT2D eigenvalue weighted by atomic mass is 10.1. The van der Waals surface area contributed by atoms with Crippen molar-refractivity contribution in [3.05, 3.63) is 24.3 Å². The van der Waals surface area contributed by atoms with E-state index in [1.165, 1.54) is 5.69 Å². The van der Waals surface area contributed by atoms with Crippen LogP contribution in [0.4, 0.5) is 11.4 Å². The number of anilines is 2. The summed E-state index contributed by atoms with van der Waals surface area (Å²) in [7, 11) is 0. The molecule has 3 nitrogen and oxygen atoms in total. The molecule has 0 unspecified atom stereocenters. The maximum atomic E-state index is 8.95. The number of nitriles is 1. The van der Waals surface area contributed by atoms with Gasteiger partial charge in [0, 0.05) is 24.5 Å². The molecule has 1 N–H and O–H groups in total. The van der Waals surface area contributed by atoms with Gasteiger partial charge in [0.15, 0.2) is 0 Å². The molecule has 3 heteroatoms. The lowest BCUT2D eigenvalue weighted by molar-refractivity contribution is 0.729. The predicted octanol–water partition coefficient (Wildman–Crippen LogP) is 3.25. The summed E-state index contributed by atoms with van der Waals surface area (Å²) in [5.41, 5.74) is 1.67. The molecule has 1 aromatic rings. The molecule has 0 atom stereocenters. The highest BCUT2D eigenvalue weighted by molar-refractivity contribution is 5.56. The van der Waals surface area contributed by atoms with E-state index >= 15 is 0 Å². The predicted molar refractivity (Wildman–Crippen MR) is 73.3 cm³/mol. The summed E-state index contributed by atoms with van der Waals surface area (Å²) < 4.78 is 0. The minimum absolute atomic E-state index is 0.531. The fourth-order valence-corrected chi connectivity index (χ4v) is 1.73. The molecule has 0 amide bonds. The molecule has 0 aliphatic heterocycles. The molecule has 0 saturated heterocycles. The highest BCUT2D eigenvalue weighted by Crippen LogP contribution is 2.20. The van der Waals surface area contributed by atoms with Crippen molar-refractivity contribution in [2.24, 2.45) is 0 Å². The summed E-state index contributed by atoms with van der Waals surface area (Å²) in [5, 5.41) is 12.1. The minimum atomic E-state index is -0.531. The fourth-order valence-electron chi connectivity index (χ4n) is 1.73. The molecule has 0 radical (unpaired) electrons. The van der Waals surface area contributed by atoms with Crippen LogP contribution in [0.2, 0.25) is 0 Å². The molecule has 0 saturated carbocycles. The van der Waals surface area contributed by atoms with E-state index in [0.29, 0.717) is 0 Å². The van der Waals surface area contributed by atoms with Crippen molar-refractivity contribution in [1.82, 2.24) is 0 Å². The lowest BCUT2D eigenvalue weighted by Crippen LogP contribution is -2.28. The largest absolute Gasteiger partial charge is 0.372 e. The quantitative estimate of drug-likeness (QED) is 0.845. The molecule has 0 aliphatic carbocycles. The van der Waals surface area contributed by atoms with E-state index in [4.69, 9.17) is 5.26 Å². The Morgan fingerprint density at radius 2 is 1.71 bits per heavy atom. The molecule has 1 aromatic carbocycles. The Morgan fingerprint density at radius 1 is 1.18 bits per heavy atom. The molecule has 0 heterocycles. The van der Waals surface area contributed by atoms with Gasteiger partial charge in [-0.05, 0) is 52.0 Å². The summed E-state index contributed by atoms with van der Waals surface area (Å²) in [5.74, 6) is 0. The van der Waals surface area contributed by atoms with Crippen LogP contribution < -0.4 is 10.2 Å². The SMILES string of the molecule is CCN(CC)c1ccc(NC(C)(C)C#N)cc1. The Bertz CT molecular complexity index is 383. The average Bonchev–Trinajstić information content (AvgIpc) is 2.32. The van der Waals surface area contributed by atoms with Crippen molar-refractivity contribution >= 4 is 11.4 Å². The van der Waals surface area contributed by atoms with Crippen LogP contribution in [0.15, 0.2) is 24.3 Å². The van der Waals surface area contributed by atoms with E-state index in [2.05, 4.69) is 42.3 Å². The van der Waals surface area contributed by atoms with Crippen molar-refractivity contribution in [3.63, 3.8) is 0 Å². The monoisotopic (exact) mass is 231 g/mol. The molecular formula is C14H21N3. The second kappa shape index (κ2) is 5.58. The third-order valence-corrected chi connectivity index (χ3v) is 2.73. The first-order valence-corrected chi connectivity index (χ1v) is 6.07. The Kier molecular flexibility index (Phi) is 4.39. The third kappa shape index (κ3) is 3.67. The van der Waals surface area contributed by atoms with Crippen LogP contribution in [0.3, 0.4) is 0 Å². The van der Waals surface area contributed by atoms with E-state index in [9.17, 15) is 0 Å². The number of nitrogens with zero attached hydrogens (tertiary/aromatic N) is 2. The van der Waals surface area contributed by atoms with Crippen LogP contribution in [0.1, 0.15) is 27.7 Å². The normalized spacial score (nSPS) is 10.8. The van der Waals surface area contributed by atoms with Gasteiger partial charge >= 0.3 is 0 Å². The minimum Gasteiger partial charge on any atom is -0.372 e. The van der Waals surface area contributed by atoms with Gasteiger partial charge in [-0.25, -0.2) is 0 Å². The van der Waals surface area contributed by atoms with Gasteiger partial charge in [0.1, 0.15) is 5.54 Å². The Labute approximate surface area is 104 Å². The van der Waals surface area contributed by atoms with Crippen LogP contribution >= 0.6 is 0 Å². The maximum Gasteiger partial charge on any atom is 0.119 e. The number of hydrogen-bond donors (Lipinski definition) is 1. The van der Waals surface area contributed by atoms with Crippen LogP contribution in [0.5, 0.6) is 0 Å². The molecule has 92 valence electrons. The highest BCUT2D eigenvalue weighted by Gasteiger charge is 2.15. The van der Waals surface area contributed by atoms with Crippen molar-refractivity contribution in [1.29, 1.82) is 5.26 Å². The molecule has 0 aromatic heterocycles. The van der Waals surface area contributed by atoms with Crippen LogP contribution in [0, 0.1) is 11.3 Å². The Hall–Kier alpha value is -1.69. The van der Waals surface area contributed by atoms with Crippen molar-refractivity contribution in [2.75, 3.05) is 23.3 Å². The summed E-state index contributed by atoms with van der Waals surface area (Å²) >= 11 is 0. The fraction of sp³-hybridized carbons (Fsp3) is 0.500. The second-order valence-electron chi connectivity index (χ2n) is 4.58. The van der Waals surface area contributed by atoms with E-state index in [1.807, 2.05) is 26.0 Å². The van der Waals surface area contributed by atoms with Gasteiger partial charge < -0.3 is 10.2 Å². The highest BCUT2D eigenvalue weighted by atomic mass is 15.1. The van der Waals surface area contributed by atoms with Crippen molar-refractivity contribution in [3.8, 4) is 6.07 Å². The van der Waals surface area contributed by atoms with E-state index in [-0.39, 0.29) is 0 Å². The van der Waals surface area contributed by atoms with E-state index in [0.717, 1.165) is 18.8 Å². The molecule has 0 aliphatic rings. The van der Waals surface area contributed by atoms with Gasteiger partial charge in [-0.15, -0.1) is 0 Å². The molecule has 0 fully saturated rings. The molecule has 0 spiro atoms. The number of nitrogens with one attached hydrogen (secondary N) is 1. The standard InChI is InChI=1S/C14H21N3/c1-5-17(6-2)13-9-7-12(8-10-13)16-14(3,4)11-15/h7-10,16H,5-6H2,1-4H3. The Balaban J connectivity index is 2.79. The first-order chi connectivity index (χ1) is 8.02. The number of rotatable bonds is 5. The van der Waals surface area contributed by atoms with Gasteiger partial charge in [0.25, 0.3) is 0 Å². The molecule has 17 heavy (non-hydrogen) atoms. The first-order valence-electron chi connectivity index (χ1n) is 6.07. The van der Waals surface area contributed by atoms with E-state index < -0.39 is 5.54 Å². The summed E-state index contributed by atoms with van der Waals surface area (Å²) in [6.45, 7) is 10.0. The summed E-state index contributed by atoms with van der Waals surface area (Å²) in [4.78, 5) is 2.29. The van der Waals surface area contributed by atoms with Gasteiger partial charge in [-0.2, -0.15) is 5.26 Å². The van der Waals surface area contributed by atoms with Crippen LogP contribution in [-0.2, 0) is 0 Å². The van der Waals surface area contributed by atoms with Crippen LogP contribution in [0.25, 0.3) is 0 Å². The zero-order chi connectivity index (χ0) is 12.9. The topological polar surface area (TPSA) is 39.1 Å². The average molecular weight is 231 g/mol. The lowest BCUT2D eigenvalue weighted by Gasteiger charge is -2.23. The Morgan fingerprint density at radius 3 is 2.12 bits per heavy atom. The van der Waals surface area contributed by atoms with Gasteiger partial charge in [0.2, 0.25) is 0 Å². The number of hydrogen-bond acceptors (Lipinski definition) is 3. The summed E-state index contributed by atoms with van der Waals surface area (Å²) in [6.07, 6.45) is 0. The number of benzene rings is 1. The van der Waals surface area contributed by atoms with Crippen molar-refractivity contribution in [2.45, 2.75) is 33.2 Å². The first kappa shape index (κ1) is 13.4.